The highest BCUT2D eigenvalue weighted by atomic mass is 35.5. The number of aryl methyl sites for hydroxylation is 1. The first-order valence-electron chi connectivity index (χ1n) is 10.5. The summed E-state index contributed by atoms with van der Waals surface area (Å²) in [6.07, 6.45) is 3.73. The van der Waals surface area contributed by atoms with E-state index in [2.05, 4.69) is 28.2 Å². The van der Waals surface area contributed by atoms with E-state index in [9.17, 15) is 14.7 Å². The van der Waals surface area contributed by atoms with Gasteiger partial charge < -0.3 is 15.0 Å². The monoisotopic (exact) mass is 446 g/mol. The highest BCUT2D eigenvalue weighted by Crippen LogP contribution is 2.31. The Morgan fingerprint density at radius 2 is 1.62 bits per heavy atom. The Labute approximate surface area is 191 Å². The van der Waals surface area contributed by atoms with Crippen LogP contribution in [0.2, 0.25) is 5.02 Å². The maximum Gasteiger partial charge on any atom is 0.335 e. The molecular formula is C26H23ClN2O3. The van der Waals surface area contributed by atoms with Crippen molar-refractivity contribution in [3.63, 3.8) is 0 Å². The largest absolute Gasteiger partial charge is 0.478 e. The summed E-state index contributed by atoms with van der Waals surface area (Å²) in [4.78, 5) is 23.7. The molecule has 162 valence electrons. The first kappa shape index (κ1) is 21.7. The van der Waals surface area contributed by atoms with Gasteiger partial charge in [-0.05, 0) is 54.8 Å². The number of unbranched alkanes of at least 4 members (excludes halogenated alkanes) is 1. The van der Waals surface area contributed by atoms with E-state index in [1.165, 1.54) is 0 Å². The maximum absolute atomic E-state index is 12.2. The van der Waals surface area contributed by atoms with Gasteiger partial charge in [0.05, 0.1) is 5.56 Å². The molecule has 0 aliphatic heterocycles. The van der Waals surface area contributed by atoms with Crippen LogP contribution in [0.15, 0.2) is 79.0 Å². The van der Waals surface area contributed by atoms with Gasteiger partial charge in [0.2, 0.25) is 0 Å². The molecule has 0 unspecified atom stereocenters. The molecule has 32 heavy (non-hydrogen) atoms. The molecular weight excluding hydrogens is 424 g/mol. The lowest BCUT2D eigenvalue weighted by Crippen LogP contribution is -2.24. The summed E-state index contributed by atoms with van der Waals surface area (Å²) in [7, 11) is 0. The summed E-state index contributed by atoms with van der Waals surface area (Å²) in [5.74, 6) is -1.06. The number of nitrogens with one attached hydrogen (secondary N) is 1. The standard InChI is InChI=1S/C26H23ClN2O3/c27-21-11-8-19(9-12-21)25(30)28-14-4-5-15-29-17-23(18-6-2-1-3-7-18)22-13-10-20(26(31)32)16-24(22)29/h1-3,6-13,16-17H,4-5,14-15H2,(H,28,30)(H,31,32). The first-order valence-corrected chi connectivity index (χ1v) is 10.9. The van der Waals surface area contributed by atoms with Crippen LogP contribution >= 0.6 is 11.6 Å². The summed E-state index contributed by atoms with van der Waals surface area (Å²) < 4.78 is 2.10. The van der Waals surface area contributed by atoms with E-state index in [4.69, 9.17) is 11.6 Å². The molecule has 0 fully saturated rings. The Kier molecular flexibility index (Phi) is 6.57. The fourth-order valence-corrected chi connectivity index (χ4v) is 3.90. The Morgan fingerprint density at radius 1 is 0.906 bits per heavy atom. The molecule has 2 N–H and O–H groups in total. The number of carbonyl (C=O) groups is 2. The smallest absolute Gasteiger partial charge is 0.335 e. The van der Waals surface area contributed by atoms with E-state index in [0.29, 0.717) is 17.1 Å². The van der Waals surface area contributed by atoms with Gasteiger partial charge in [0, 0.05) is 46.3 Å². The molecule has 3 aromatic carbocycles. The Bertz CT molecular complexity index is 1250. The van der Waals surface area contributed by atoms with Crippen LogP contribution in [0.1, 0.15) is 33.6 Å². The van der Waals surface area contributed by atoms with E-state index in [1.54, 1.807) is 36.4 Å². The van der Waals surface area contributed by atoms with E-state index >= 15 is 0 Å². The molecule has 0 atom stereocenters. The number of hydrogen-bond acceptors (Lipinski definition) is 2. The third kappa shape index (κ3) is 4.84. The molecule has 1 aromatic heterocycles. The number of amides is 1. The van der Waals surface area contributed by atoms with Gasteiger partial charge in [-0.25, -0.2) is 4.79 Å². The quantitative estimate of drug-likeness (QED) is 0.332. The topological polar surface area (TPSA) is 71.3 Å². The lowest BCUT2D eigenvalue weighted by Gasteiger charge is -2.08. The molecule has 1 heterocycles. The number of rotatable bonds is 8. The van der Waals surface area contributed by atoms with E-state index < -0.39 is 5.97 Å². The summed E-state index contributed by atoms with van der Waals surface area (Å²) in [6.45, 7) is 1.29. The van der Waals surface area contributed by atoms with Crippen LogP contribution in [-0.2, 0) is 6.54 Å². The number of nitrogens with zero attached hydrogens (tertiary/aromatic N) is 1. The van der Waals surface area contributed by atoms with Crippen molar-refractivity contribution in [2.75, 3.05) is 6.54 Å². The van der Waals surface area contributed by atoms with Gasteiger partial charge in [-0.3, -0.25) is 4.79 Å². The second kappa shape index (κ2) is 9.71. The molecule has 0 spiro atoms. The van der Waals surface area contributed by atoms with Crippen molar-refractivity contribution in [3.8, 4) is 11.1 Å². The number of aromatic nitrogens is 1. The van der Waals surface area contributed by atoms with Crippen LogP contribution in [-0.4, -0.2) is 28.1 Å². The Morgan fingerprint density at radius 3 is 2.34 bits per heavy atom. The molecule has 4 rings (SSSR count). The fraction of sp³-hybridized carbons (Fsp3) is 0.154. The van der Waals surface area contributed by atoms with Crippen molar-refractivity contribution < 1.29 is 14.7 Å². The summed E-state index contributed by atoms with van der Waals surface area (Å²) in [5.41, 5.74) is 3.92. The van der Waals surface area contributed by atoms with Gasteiger partial charge in [0.25, 0.3) is 5.91 Å². The van der Waals surface area contributed by atoms with Gasteiger partial charge in [-0.2, -0.15) is 0 Å². The highest BCUT2D eigenvalue weighted by molar-refractivity contribution is 6.30. The number of hydrogen-bond donors (Lipinski definition) is 2. The van der Waals surface area contributed by atoms with Crippen molar-refractivity contribution in [2.24, 2.45) is 0 Å². The minimum Gasteiger partial charge on any atom is -0.478 e. The number of halogens is 1. The zero-order chi connectivity index (χ0) is 22.5. The first-order chi connectivity index (χ1) is 15.5. The summed E-state index contributed by atoms with van der Waals surface area (Å²) >= 11 is 5.86. The van der Waals surface area contributed by atoms with Crippen LogP contribution < -0.4 is 5.32 Å². The summed E-state index contributed by atoms with van der Waals surface area (Å²) in [6, 6.07) is 22.1. The third-order valence-electron chi connectivity index (χ3n) is 5.43. The highest BCUT2D eigenvalue weighted by Gasteiger charge is 2.13. The van der Waals surface area contributed by atoms with Gasteiger partial charge in [0.15, 0.2) is 0 Å². The van der Waals surface area contributed by atoms with E-state index in [0.717, 1.165) is 41.4 Å². The Hall–Kier alpha value is -3.57. The Balaban J connectivity index is 1.45. The molecule has 0 bridgehead atoms. The lowest BCUT2D eigenvalue weighted by molar-refractivity contribution is 0.0696. The SMILES string of the molecule is O=C(O)c1ccc2c(-c3ccccc3)cn(CCCCNC(=O)c3ccc(Cl)cc3)c2c1. The minimum absolute atomic E-state index is 0.120. The second-order valence-electron chi connectivity index (χ2n) is 7.61. The molecule has 5 nitrogen and oxygen atoms in total. The average molecular weight is 447 g/mol. The fourth-order valence-electron chi connectivity index (χ4n) is 3.77. The van der Waals surface area contributed by atoms with Crippen molar-refractivity contribution in [1.29, 1.82) is 0 Å². The summed E-state index contributed by atoms with van der Waals surface area (Å²) in [5, 5.41) is 14.0. The molecule has 0 radical (unpaired) electrons. The molecule has 0 aliphatic rings. The van der Waals surface area contributed by atoms with Crippen molar-refractivity contribution in [3.05, 3.63) is 95.1 Å². The lowest BCUT2D eigenvalue weighted by atomic mass is 10.0. The average Bonchev–Trinajstić information content (AvgIpc) is 3.17. The number of carboxylic acids is 1. The van der Waals surface area contributed by atoms with Crippen LogP contribution in [0.3, 0.4) is 0 Å². The zero-order valence-electron chi connectivity index (χ0n) is 17.4. The third-order valence-corrected chi connectivity index (χ3v) is 5.68. The minimum atomic E-state index is -0.939. The van der Waals surface area contributed by atoms with Gasteiger partial charge in [0.1, 0.15) is 0 Å². The second-order valence-corrected chi connectivity index (χ2v) is 8.05. The predicted octanol–water partition coefficient (Wildman–Crippen LogP) is 5.87. The molecule has 0 aliphatic carbocycles. The molecule has 6 heteroatoms. The molecule has 4 aromatic rings. The molecule has 1 amide bonds. The van der Waals surface area contributed by atoms with Crippen molar-refractivity contribution in [2.45, 2.75) is 19.4 Å². The number of fused-ring (bicyclic) bond motifs is 1. The van der Waals surface area contributed by atoms with Crippen LogP contribution in [0.4, 0.5) is 0 Å². The number of carboxylic acid groups (broad SMARTS) is 1. The maximum atomic E-state index is 12.2. The van der Waals surface area contributed by atoms with Gasteiger partial charge in [-0.15, -0.1) is 0 Å². The van der Waals surface area contributed by atoms with Crippen molar-refractivity contribution in [1.82, 2.24) is 9.88 Å². The zero-order valence-corrected chi connectivity index (χ0v) is 18.2. The van der Waals surface area contributed by atoms with Crippen LogP contribution in [0.5, 0.6) is 0 Å². The number of carbonyl (C=O) groups excluding carboxylic acids is 1. The molecule has 0 saturated heterocycles. The van der Waals surface area contributed by atoms with Crippen LogP contribution in [0, 0.1) is 0 Å². The normalized spacial score (nSPS) is 10.9. The van der Waals surface area contributed by atoms with E-state index in [-0.39, 0.29) is 11.5 Å². The number of benzene rings is 3. The van der Waals surface area contributed by atoms with Gasteiger partial charge in [-0.1, -0.05) is 48.0 Å². The van der Waals surface area contributed by atoms with Crippen molar-refractivity contribution >= 4 is 34.4 Å². The van der Waals surface area contributed by atoms with E-state index in [1.807, 2.05) is 24.3 Å². The van der Waals surface area contributed by atoms with Gasteiger partial charge >= 0.3 is 5.97 Å². The predicted molar refractivity (Wildman–Crippen MR) is 127 cm³/mol. The van der Waals surface area contributed by atoms with Crippen LogP contribution in [0.25, 0.3) is 22.0 Å². The number of aromatic carboxylic acids is 1. The molecule has 0 saturated carbocycles.